The lowest BCUT2D eigenvalue weighted by atomic mass is 10.1. The Labute approximate surface area is 122 Å². The van der Waals surface area contributed by atoms with Crippen molar-refractivity contribution in [3.05, 3.63) is 28.2 Å². The van der Waals surface area contributed by atoms with E-state index in [0.717, 1.165) is 10.0 Å². The van der Waals surface area contributed by atoms with Gasteiger partial charge in [0.25, 0.3) is 5.91 Å². The highest BCUT2D eigenvalue weighted by Crippen LogP contribution is 2.23. The minimum absolute atomic E-state index is 0.0830. The molecule has 0 radical (unpaired) electrons. The van der Waals surface area contributed by atoms with Crippen LogP contribution in [0.25, 0.3) is 0 Å². The van der Waals surface area contributed by atoms with Crippen LogP contribution >= 0.6 is 15.9 Å². The molecule has 5 heteroatoms. The Bertz CT molecular complexity index is 454. The van der Waals surface area contributed by atoms with Gasteiger partial charge in [0.1, 0.15) is 5.75 Å². The zero-order valence-electron chi connectivity index (χ0n) is 11.7. The van der Waals surface area contributed by atoms with E-state index in [1.165, 1.54) is 0 Å². The van der Waals surface area contributed by atoms with Gasteiger partial charge in [0.15, 0.2) is 6.10 Å². The highest BCUT2D eigenvalue weighted by Gasteiger charge is 2.20. The number of carbonyl (C=O) groups excluding carboxylic acids is 1. The van der Waals surface area contributed by atoms with Crippen LogP contribution in [0.3, 0.4) is 0 Å². The third-order valence-electron chi connectivity index (χ3n) is 2.37. The summed E-state index contributed by atoms with van der Waals surface area (Å²) < 4.78 is 6.39. The highest BCUT2D eigenvalue weighted by atomic mass is 79.9. The van der Waals surface area contributed by atoms with Crippen molar-refractivity contribution < 1.29 is 14.6 Å². The number of carbonyl (C=O) groups is 1. The number of benzene rings is 1. The summed E-state index contributed by atoms with van der Waals surface area (Å²) in [5.74, 6) is 0.393. The van der Waals surface area contributed by atoms with Gasteiger partial charge in [-0.05, 0) is 51.5 Å². The molecular formula is C14H20BrNO3. The van der Waals surface area contributed by atoms with Crippen LogP contribution in [0.2, 0.25) is 0 Å². The zero-order chi connectivity index (χ0) is 14.6. The molecule has 0 saturated heterocycles. The molecule has 0 aromatic heterocycles. The predicted molar refractivity (Wildman–Crippen MR) is 78.1 cm³/mol. The predicted octanol–water partition coefficient (Wildman–Crippen LogP) is 2.62. The standard InChI is InChI=1S/C14H20BrNO3/c1-9(13(18)16-14(2,3)4)19-11-5-6-12(15)10(7-11)8-17/h5-7,9,17H,8H2,1-4H3,(H,16,18). The second-order valence-corrected chi connectivity index (χ2v) is 6.26. The monoisotopic (exact) mass is 329 g/mol. The Morgan fingerprint density at radius 3 is 2.63 bits per heavy atom. The number of halogens is 1. The molecule has 0 bridgehead atoms. The quantitative estimate of drug-likeness (QED) is 0.892. The molecule has 106 valence electrons. The van der Waals surface area contributed by atoms with E-state index in [0.29, 0.717) is 5.75 Å². The van der Waals surface area contributed by atoms with E-state index in [2.05, 4.69) is 21.2 Å². The molecule has 1 atom stereocenters. The van der Waals surface area contributed by atoms with Crippen molar-refractivity contribution in [3.63, 3.8) is 0 Å². The van der Waals surface area contributed by atoms with Gasteiger partial charge >= 0.3 is 0 Å². The summed E-state index contributed by atoms with van der Waals surface area (Å²) in [6.07, 6.45) is -0.591. The Morgan fingerprint density at radius 1 is 1.47 bits per heavy atom. The summed E-state index contributed by atoms with van der Waals surface area (Å²) >= 11 is 3.33. The number of ether oxygens (including phenoxy) is 1. The van der Waals surface area contributed by atoms with Crippen LogP contribution in [-0.2, 0) is 11.4 Å². The fourth-order valence-corrected chi connectivity index (χ4v) is 1.85. The van der Waals surface area contributed by atoms with Gasteiger partial charge in [-0.3, -0.25) is 4.79 Å². The summed E-state index contributed by atoms with van der Waals surface area (Å²) in [6, 6.07) is 5.25. The first-order chi connectivity index (χ1) is 8.73. The van der Waals surface area contributed by atoms with Crippen molar-refractivity contribution in [1.29, 1.82) is 0 Å². The maximum absolute atomic E-state index is 11.9. The molecule has 1 amide bonds. The van der Waals surface area contributed by atoms with Gasteiger partial charge in [-0.25, -0.2) is 0 Å². The maximum atomic E-state index is 11.9. The van der Waals surface area contributed by atoms with Gasteiger partial charge in [-0.2, -0.15) is 0 Å². The normalized spacial score (nSPS) is 12.9. The molecular weight excluding hydrogens is 310 g/mol. The molecule has 4 nitrogen and oxygen atoms in total. The topological polar surface area (TPSA) is 58.6 Å². The second kappa shape index (κ2) is 6.39. The van der Waals surface area contributed by atoms with Crippen LogP contribution < -0.4 is 10.1 Å². The largest absolute Gasteiger partial charge is 0.481 e. The minimum atomic E-state index is -0.591. The molecule has 1 aromatic rings. The number of hydrogen-bond acceptors (Lipinski definition) is 3. The molecule has 1 aromatic carbocycles. The van der Waals surface area contributed by atoms with Gasteiger partial charge < -0.3 is 15.2 Å². The third kappa shape index (κ3) is 5.20. The number of aliphatic hydroxyl groups excluding tert-OH is 1. The average molecular weight is 330 g/mol. The molecule has 1 unspecified atom stereocenters. The van der Waals surface area contributed by atoms with E-state index in [-0.39, 0.29) is 18.1 Å². The summed E-state index contributed by atoms with van der Waals surface area (Å²) in [4.78, 5) is 11.9. The van der Waals surface area contributed by atoms with Crippen LogP contribution in [0, 0.1) is 0 Å². The SMILES string of the molecule is CC(Oc1ccc(Br)c(CO)c1)C(=O)NC(C)(C)C. The van der Waals surface area contributed by atoms with Crippen molar-refractivity contribution in [2.75, 3.05) is 0 Å². The molecule has 0 fully saturated rings. The first-order valence-electron chi connectivity index (χ1n) is 6.11. The number of nitrogens with one attached hydrogen (secondary N) is 1. The lowest BCUT2D eigenvalue weighted by Crippen LogP contribution is -2.46. The average Bonchev–Trinajstić information content (AvgIpc) is 2.29. The molecule has 2 N–H and O–H groups in total. The molecule has 0 spiro atoms. The number of aliphatic hydroxyl groups is 1. The first kappa shape index (κ1) is 16.0. The Hall–Kier alpha value is -1.07. The van der Waals surface area contributed by atoms with Gasteiger partial charge in [0, 0.05) is 10.0 Å². The third-order valence-corrected chi connectivity index (χ3v) is 3.14. The van der Waals surface area contributed by atoms with Crippen molar-refractivity contribution in [3.8, 4) is 5.75 Å². The number of amides is 1. The van der Waals surface area contributed by atoms with Gasteiger partial charge in [0.2, 0.25) is 0 Å². The van der Waals surface area contributed by atoms with Crippen LogP contribution in [-0.4, -0.2) is 22.7 Å². The van der Waals surface area contributed by atoms with E-state index in [4.69, 9.17) is 4.74 Å². The van der Waals surface area contributed by atoms with Crippen LogP contribution in [0.1, 0.15) is 33.3 Å². The van der Waals surface area contributed by atoms with Crippen LogP contribution in [0.4, 0.5) is 0 Å². The summed E-state index contributed by atoms with van der Waals surface area (Å²) in [7, 11) is 0. The first-order valence-corrected chi connectivity index (χ1v) is 6.90. The van der Waals surface area contributed by atoms with E-state index in [1.807, 2.05) is 20.8 Å². The highest BCUT2D eigenvalue weighted by molar-refractivity contribution is 9.10. The van der Waals surface area contributed by atoms with Gasteiger partial charge in [-0.15, -0.1) is 0 Å². The molecule has 1 rings (SSSR count). The maximum Gasteiger partial charge on any atom is 0.261 e. The lowest BCUT2D eigenvalue weighted by Gasteiger charge is -2.23. The van der Waals surface area contributed by atoms with E-state index < -0.39 is 6.10 Å². The molecule has 19 heavy (non-hydrogen) atoms. The molecule has 0 aliphatic heterocycles. The number of rotatable bonds is 4. The second-order valence-electron chi connectivity index (χ2n) is 5.41. The van der Waals surface area contributed by atoms with Crippen LogP contribution in [0.15, 0.2) is 22.7 Å². The molecule has 0 heterocycles. The Morgan fingerprint density at radius 2 is 2.11 bits per heavy atom. The fourth-order valence-electron chi connectivity index (χ4n) is 1.47. The summed E-state index contributed by atoms with van der Waals surface area (Å²) in [5.41, 5.74) is 0.436. The van der Waals surface area contributed by atoms with Crippen molar-refractivity contribution in [2.24, 2.45) is 0 Å². The molecule has 0 aliphatic rings. The molecule has 0 saturated carbocycles. The lowest BCUT2D eigenvalue weighted by molar-refractivity contribution is -0.128. The van der Waals surface area contributed by atoms with E-state index in [9.17, 15) is 9.90 Å². The minimum Gasteiger partial charge on any atom is -0.481 e. The fraction of sp³-hybridized carbons (Fsp3) is 0.500. The summed E-state index contributed by atoms with van der Waals surface area (Å²) in [5, 5.41) is 12.0. The van der Waals surface area contributed by atoms with Crippen molar-refractivity contribution in [1.82, 2.24) is 5.32 Å². The zero-order valence-corrected chi connectivity index (χ0v) is 13.2. The number of hydrogen-bond donors (Lipinski definition) is 2. The van der Waals surface area contributed by atoms with Gasteiger partial charge in [0.05, 0.1) is 6.61 Å². The smallest absolute Gasteiger partial charge is 0.261 e. The Balaban J connectivity index is 2.71. The van der Waals surface area contributed by atoms with E-state index in [1.54, 1.807) is 25.1 Å². The summed E-state index contributed by atoms with van der Waals surface area (Å²) in [6.45, 7) is 7.37. The van der Waals surface area contributed by atoms with Gasteiger partial charge in [-0.1, -0.05) is 15.9 Å². The molecule has 0 aliphatic carbocycles. The van der Waals surface area contributed by atoms with Crippen molar-refractivity contribution in [2.45, 2.75) is 45.9 Å². The van der Waals surface area contributed by atoms with E-state index >= 15 is 0 Å². The van der Waals surface area contributed by atoms with Crippen LogP contribution in [0.5, 0.6) is 5.75 Å². The van der Waals surface area contributed by atoms with Crippen molar-refractivity contribution >= 4 is 21.8 Å². The Kier molecular flexibility index (Phi) is 5.38.